The maximum Gasteiger partial charge on any atom is 0.0528 e. The summed E-state index contributed by atoms with van der Waals surface area (Å²) in [6, 6.07) is 0. The second-order valence-electron chi connectivity index (χ2n) is 4.51. The fourth-order valence-electron chi connectivity index (χ4n) is 1.76. The van der Waals surface area contributed by atoms with Crippen molar-refractivity contribution in [3.8, 4) is 0 Å². The maximum atomic E-state index is 5.26. The monoisotopic (exact) mass is 198 g/mol. The Labute approximate surface area is 88.4 Å². The first-order chi connectivity index (χ1) is 6.83. The molecule has 2 nitrogen and oxygen atoms in total. The van der Waals surface area contributed by atoms with Gasteiger partial charge in [0.25, 0.3) is 0 Å². The molecule has 84 valence electrons. The normalized spacial score (nSPS) is 19.3. The van der Waals surface area contributed by atoms with Gasteiger partial charge in [0.15, 0.2) is 0 Å². The fourth-order valence-corrected chi connectivity index (χ4v) is 1.76. The molecule has 1 aliphatic heterocycles. The second-order valence-corrected chi connectivity index (χ2v) is 4.51. The van der Waals surface area contributed by atoms with E-state index in [0.717, 1.165) is 26.3 Å². The van der Waals surface area contributed by atoms with Crippen LogP contribution in [-0.2, 0) is 4.74 Å². The zero-order valence-electron chi connectivity index (χ0n) is 9.72. The van der Waals surface area contributed by atoms with Crippen LogP contribution in [0.15, 0.2) is 0 Å². The Balaban J connectivity index is 1.92. The van der Waals surface area contributed by atoms with Crippen molar-refractivity contribution in [2.24, 2.45) is 5.41 Å². The van der Waals surface area contributed by atoms with E-state index in [-0.39, 0.29) is 0 Å². The van der Waals surface area contributed by atoms with Crippen molar-refractivity contribution < 1.29 is 4.74 Å². The first-order valence-corrected chi connectivity index (χ1v) is 6.04. The van der Waals surface area contributed by atoms with Crippen LogP contribution in [0.5, 0.6) is 0 Å². The molecule has 2 heteroatoms. The maximum absolute atomic E-state index is 5.26. The molecule has 0 atom stereocenters. The van der Waals surface area contributed by atoms with Gasteiger partial charge in [-0.1, -0.05) is 39.5 Å². The average Bonchev–Trinajstić information content (AvgIpc) is 2.15. The smallest absolute Gasteiger partial charge is 0.0528 e. The molecule has 1 rings (SSSR count). The quantitative estimate of drug-likeness (QED) is 0.548. The standard InChI is InChI=1S/C12H24NO/c1-3-5-6-7-8-13-9-12(4-2)10-14-11-12/h3-11H2,1-2H3/q-1. The van der Waals surface area contributed by atoms with Crippen LogP contribution in [-0.4, -0.2) is 26.3 Å². The van der Waals surface area contributed by atoms with Gasteiger partial charge in [-0.2, -0.15) is 0 Å². The lowest BCUT2D eigenvalue weighted by molar-refractivity contribution is -0.105. The van der Waals surface area contributed by atoms with E-state index in [1.165, 1.54) is 32.1 Å². The largest absolute Gasteiger partial charge is 0.662 e. The molecule has 1 aliphatic rings. The third kappa shape index (κ3) is 3.58. The van der Waals surface area contributed by atoms with Crippen molar-refractivity contribution in [3.05, 3.63) is 5.32 Å². The molecular formula is C12H24NO-. The topological polar surface area (TPSA) is 23.3 Å². The third-order valence-electron chi connectivity index (χ3n) is 3.18. The molecule has 0 spiro atoms. The molecule has 0 aliphatic carbocycles. The van der Waals surface area contributed by atoms with Crippen molar-refractivity contribution >= 4 is 0 Å². The molecule has 0 N–H and O–H groups in total. The molecule has 0 radical (unpaired) electrons. The number of unbranched alkanes of at least 4 members (excludes halogenated alkanes) is 3. The van der Waals surface area contributed by atoms with E-state index in [0.29, 0.717) is 5.41 Å². The zero-order valence-corrected chi connectivity index (χ0v) is 9.72. The van der Waals surface area contributed by atoms with Crippen LogP contribution >= 0.6 is 0 Å². The van der Waals surface area contributed by atoms with Crippen LogP contribution in [0.3, 0.4) is 0 Å². The SMILES string of the molecule is CCCCCC[N-]CC1(CC)COC1. The summed E-state index contributed by atoms with van der Waals surface area (Å²) in [5.41, 5.74) is 0.421. The van der Waals surface area contributed by atoms with Crippen LogP contribution in [0, 0.1) is 5.41 Å². The minimum absolute atomic E-state index is 0.421. The van der Waals surface area contributed by atoms with E-state index in [1.807, 2.05) is 0 Å². The Hall–Kier alpha value is -0.0800. The highest BCUT2D eigenvalue weighted by atomic mass is 16.5. The second kappa shape index (κ2) is 6.41. The minimum atomic E-state index is 0.421. The van der Waals surface area contributed by atoms with E-state index in [1.54, 1.807) is 0 Å². The van der Waals surface area contributed by atoms with Crippen molar-refractivity contribution in [1.29, 1.82) is 0 Å². The Kier molecular flexibility index (Phi) is 5.49. The Morgan fingerprint density at radius 1 is 1.14 bits per heavy atom. The summed E-state index contributed by atoms with van der Waals surface area (Å²) in [6.45, 7) is 8.44. The van der Waals surface area contributed by atoms with Crippen LogP contribution in [0.4, 0.5) is 0 Å². The van der Waals surface area contributed by atoms with Gasteiger partial charge in [-0.05, 0) is 11.8 Å². The molecule has 0 aromatic carbocycles. The molecule has 1 fully saturated rings. The van der Waals surface area contributed by atoms with Crippen molar-refractivity contribution in [1.82, 2.24) is 0 Å². The van der Waals surface area contributed by atoms with Crippen molar-refractivity contribution in [2.45, 2.75) is 46.0 Å². The number of nitrogens with zero attached hydrogens (tertiary/aromatic N) is 1. The van der Waals surface area contributed by atoms with E-state index < -0.39 is 0 Å². The van der Waals surface area contributed by atoms with Gasteiger partial charge in [-0.3, -0.25) is 0 Å². The van der Waals surface area contributed by atoms with E-state index >= 15 is 0 Å². The summed E-state index contributed by atoms with van der Waals surface area (Å²) in [6.07, 6.45) is 6.50. The number of hydrogen-bond donors (Lipinski definition) is 0. The number of rotatable bonds is 8. The minimum Gasteiger partial charge on any atom is -0.662 e. The Morgan fingerprint density at radius 3 is 2.43 bits per heavy atom. The van der Waals surface area contributed by atoms with Gasteiger partial charge in [0.2, 0.25) is 0 Å². The molecule has 0 aromatic rings. The average molecular weight is 198 g/mol. The lowest BCUT2D eigenvalue weighted by Crippen LogP contribution is -2.44. The zero-order chi connectivity index (χ0) is 10.3. The molecule has 14 heavy (non-hydrogen) atoms. The number of hydrogen-bond acceptors (Lipinski definition) is 1. The lowest BCUT2D eigenvalue weighted by Gasteiger charge is -2.46. The molecule has 1 heterocycles. The summed E-state index contributed by atoms with van der Waals surface area (Å²) in [5, 5.41) is 4.63. The summed E-state index contributed by atoms with van der Waals surface area (Å²) < 4.78 is 5.26. The molecular weight excluding hydrogens is 174 g/mol. The molecule has 0 amide bonds. The van der Waals surface area contributed by atoms with E-state index in [9.17, 15) is 0 Å². The molecule has 0 aromatic heterocycles. The van der Waals surface area contributed by atoms with Crippen molar-refractivity contribution in [2.75, 3.05) is 26.3 Å². The Bertz CT molecular complexity index is 138. The third-order valence-corrected chi connectivity index (χ3v) is 3.18. The summed E-state index contributed by atoms with van der Waals surface area (Å²) in [5.74, 6) is 0. The van der Waals surface area contributed by atoms with Crippen molar-refractivity contribution in [3.63, 3.8) is 0 Å². The summed E-state index contributed by atoms with van der Waals surface area (Å²) in [7, 11) is 0. The predicted molar refractivity (Wildman–Crippen MR) is 60.8 cm³/mol. The first-order valence-electron chi connectivity index (χ1n) is 6.04. The van der Waals surface area contributed by atoms with Crippen LogP contribution < -0.4 is 0 Å². The molecule has 1 saturated heterocycles. The highest BCUT2D eigenvalue weighted by molar-refractivity contribution is 4.96. The van der Waals surface area contributed by atoms with Gasteiger partial charge in [-0.25, -0.2) is 0 Å². The highest BCUT2D eigenvalue weighted by Gasteiger charge is 2.32. The van der Waals surface area contributed by atoms with Gasteiger partial charge >= 0.3 is 0 Å². The van der Waals surface area contributed by atoms with Gasteiger partial charge < -0.3 is 10.1 Å². The molecule has 0 saturated carbocycles. The van der Waals surface area contributed by atoms with E-state index in [4.69, 9.17) is 4.74 Å². The highest BCUT2D eigenvalue weighted by Crippen LogP contribution is 2.32. The number of ether oxygens (including phenoxy) is 1. The van der Waals surface area contributed by atoms with Gasteiger partial charge in [0.1, 0.15) is 0 Å². The molecule has 0 bridgehead atoms. The van der Waals surface area contributed by atoms with Crippen LogP contribution in [0.25, 0.3) is 5.32 Å². The molecule has 0 unspecified atom stereocenters. The lowest BCUT2D eigenvalue weighted by atomic mass is 9.83. The van der Waals surface area contributed by atoms with Gasteiger partial charge in [0, 0.05) is 0 Å². The summed E-state index contributed by atoms with van der Waals surface area (Å²) in [4.78, 5) is 0. The fraction of sp³-hybridized carbons (Fsp3) is 1.00. The van der Waals surface area contributed by atoms with Crippen LogP contribution in [0.1, 0.15) is 46.0 Å². The summed E-state index contributed by atoms with van der Waals surface area (Å²) >= 11 is 0. The predicted octanol–water partition coefficient (Wildman–Crippen LogP) is 3.37. The van der Waals surface area contributed by atoms with Gasteiger partial charge in [0.05, 0.1) is 13.2 Å². The first kappa shape index (κ1) is 12.0. The Morgan fingerprint density at radius 2 is 1.93 bits per heavy atom. The van der Waals surface area contributed by atoms with Crippen LogP contribution in [0.2, 0.25) is 0 Å². The van der Waals surface area contributed by atoms with Gasteiger partial charge in [-0.15, -0.1) is 13.1 Å². The van der Waals surface area contributed by atoms with E-state index in [2.05, 4.69) is 19.2 Å².